The van der Waals surface area contributed by atoms with Crippen LogP contribution in [-0.2, 0) is 4.79 Å². The molecule has 0 aliphatic carbocycles. The van der Waals surface area contributed by atoms with Crippen LogP contribution >= 0.6 is 0 Å². The fourth-order valence-electron chi connectivity index (χ4n) is 0.762. The highest BCUT2D eigenvalue weighted by Gasteiger charge is 2.38. The third kappa shape index (κ3) is 6.67. The van der Waals surface area contributed by atoms with Gasteiger partial charge in [-0.3, -0.25) is 4.79 Å². The van der Waals surface area contributed by atoms with Crippen LogP contribution in [0.5, 0.6) is 0 Å². The van der Waals surface area contributed by atoms with Crippen LogP contribution in [0.1, 0.15) is 6.42 Å². The Labute approximate surface area is 79.9 Å². The molecule has 7 heteroatoms. The molecule has 0 aromatic heterocycles. The third-order valence-electron chi connectivity index (χ3n) is 1.42. The lowest BCUT2D eigenvalue weighted by molar-refractivity contribution is -0.840. The molecule has 0 saturated heterocycles. The van der Waals surface area contributed by atoms with Crippen LogP contribution in [-0.4, -0.2) is 43.9 Å². The zero-order valence-corrected chi connectivity index (χ0v) is 8.02. The number of carbonyl (C=O) groups is 1. The van der Waals surface area contributed by atoms with Gasteiger partial charge in [0.15, 0.2) is 0 Å². The Morgan fingerprint density at radius 2 is 1.93 bits per heavy atom. The zero-order valence-electron chi connectivity index (χ0n) is 8.02. The van der Waals surface area contributed by atoms with E-state index in [1.54, 1.807) is 5.32 Å². The Balaban J connectivity index is 3.62. The van der Waals surface area contributed by atoms with Gasteiger partial charge in [0.05, 0.1) is 20.6 Å². The fraction of sp³-hybridized carbons (Fsp3) is 0.857. The highest BCUT2D eigenvalue weighted by molar-refractivity contribution is 5.81. The summed E-state index contributed by atoms with van der Waals surface area (Å²) in [6, 6.07) is 0. The molecule has 1 N–H and O–H groups in total. The number of hydrogen-bond donors (Lipinski definition) is 1. The summed E-state index contributed by atoms with van der Waals surface area (Å²) < 4.78 is 34.3. The summed E-state index contributed by atoms with van der Waals surface area (Å²) >= 11 is 0. The molecule has 0 aromatic carbocycles. The van der Waals surface area contributed by atoms with Crippen LogP contribution in [0.25, 0.3) is 0 Å². The van der Waals surface area contributed by atoms with Gasteiger partial charge in [-0.25, -0.2) is 0 Å². The molecule has 0 unspecified atom stereocenters. The number of hydrogen-bond acceptors (Lipinski definition) is 2. The minimum Gasteiger partial charge on any atom is -0.633 e. The smallest absolute Gasteiger partial charge is 0.471 e. The van der Waals surface area contributed by atoms with E-state index < -0.39 is 16.7 Å². The lowest BCUT2D eigenvalue weighted by atomic mass is 10.4. The van der Waals surface area contributed by atoms with E-state index in [9.17, 15) is 23.2 Å². The van der Waals surface area contributed by atoms with Gasteiger partial charge in [0, 0.05) is 13.0 Å². The Morgan fingerprint density at radius 1 is 1.43 bits per heavy atom. The van der Waals surface area contributed by atoms with Gasteiger partial charge >= 0.3 is 12.1 Å². The molecule has 0 rings (SSSR count). The van der Waals surface area contributed by atoms with Crippen molar-refractivity contribution in [3.8, 4) is 0 Å². The molecule has 0 spiro atoms. The van der Waals surface area contributed by atoms with Crippen molar-refractivity contribution < 1.29 is 22.6 Å². The molecule has 0 fully saturated rings. The number of quaternary nitrogens is 1. The summed E-state index contributed by atoms with van der Waals surface area (Å²) in [6.07, 6.45) is -4.62. The monoisotopic (exact) mass is 214 g/mol. The van der Waals surface area contributed by atoms with E-state index in [-0.39, 0.29) is 19.5 Å². The van der Waals surface area contributed by atoms with Gasteiger partial charge in [0.1, 0.15) is 0 Å². The van der Waals surface area contributed by atoms with Gasteiger partial charge in [-0.2, -0.15) is 13.2 Å². The van der Waals surface area contributed by atoms with Gasteiger partial charge in [-0.15, -0.1) is 0 Å². The van der Waals surface area contributed by atoms with Crippen LogP contribution in [0.3, 0.4) is 0 Å². The molecule has 84 valence electrons. The number of alkyl halides is 3. The molecular weight excluding hydrogens is 201 g/mol. The van der Waals surface area contributed by atoms with Crippen molar-refractivity contribution in [3.05, 3.63) is 5.21 Å². The molecular formula is C7H13F3N2O2. The van der Waals surface area contributed by atoms with E-state index in [1.807, 2.05) is 0 Å². The van der Waals surface area contributed by atoms with Gasteiger partial charge in [0.25, 0.3) is 0 Å². The average molecular weight is 214 g/mol. The van der Waals surface area contributed by atoms with E-state index in [1.165, 1.54) is 14.1 Å². The SMILES string of the molecule is C[N+](C)([O-])CCCNC(=O)C(F)(F)F. The number of halogens is 3. The van der Waals surface area contributed by atoms with Gasteiger partial charge in [-0.1, -0.05) is 0 Å². The van der Waals surface area contributed by atoms with Crippen LogP contribution < -0.4 is 5.32 Å². The average Bonchev–Trinajstić information content (AvgIpc) is 1.93. The van der Waals surface area contributed by atoms with Crippen LogP contribution in [0.2, 0.25) is 0 Å². The van der Waals surface area contributed by atoms with Crippen molar-refractivity contribution in [1.82, 2.24) is 5.32 Å². The molecule has 0 radical (unpaired) electrons. The van der Waals surface area contributed by atoms with Gasteiger partial charge < -0.3 is 15.2 Å². The first-order valence-corrected chi connectivity index (χ1v) is 4.02. The Kier molecular flexibility index (Phi) is 4.34. The van der Waals surface area contributed by atoms with Crippen molar-refractivity contribution >= 4 is 5.91 Å². The number of rotatable bonds is 4. The van der Waals surface area contributed by atoms with Crippen LogP contribution in [0.4, 0.5) is 13.2 Å². The number of hydroxylamine groups is 3. The standard InChI is InChI=1S/C7H13F3N2O2/c1-12(2,14)5-3-4-11-6(13)7(8,9)10/h3-5H2,1-2H3,(H,11,13). The molecule has 0 heterocycles. The number of amides is 1. The van der Waals surface area contributed by atoms with Crippen molar-refractivity contribution in [2.75, 3.05) is 27.2 Å². The van der Waals surface area contributed by atoms with E-state index in [0.717, 1.165) is 0 Å². The summed E-state index contributed by atoms with van der Waals surface area (Å²) in [5.41, 5.74) is 0. The molecule has 1 amide bonds. The Morgan fingerprint density at radius 3 is 2.29 bits per heavy atom. The number of nitrogens with zero attached hydrogens (tertiary/aromatic N) is 1. The highest BCUT2D eigenvalue weighted by atomic mass is 19.4. The van der Waals surface area contributed by atoms with Gasteiger partial charge in [-0.05, 0) is 0 Å². The summed E-state index contributed by atoms with van der Waals surface area (Å²) in [6.45, 7) is 0.0282. The Bertz CT molecular complexity index is 198. The maximum absolute atomic E-state index is 11.6. The molecule has 0 atom stereocenters. The maximum atomic E-state index is 11.6. The predicted octanol–water partition coefficient (Wildman–Crippen LogP) is 0.629. The van der Waals surface area contributed by atoms with E-state index >= 15 is 0 Å². The maximum Gasteiger partial charge on any atom is 0.471 e. The number of nitrogens with one attached hydrogen (secondary N) is 1. The first kappa shape index (κ1) is 13.2. The van der Waals surface area contributed by atoms with Crippen LogP contribution in [0.15, 0.2) is 0 Å². The van der Waals surface area contributed by atoms with Crippen molar-refractivity contribution in [3.63, 3.8) is 0 Å². The fourth-order valence-corrected chi connectivity index (χ4v) is 0.762. The van der Waals surface area contributed by atoms with Crippen molar-refractivity contribution in [2.45, 2.75) is 12.6 Å². The van der Waals surface area contributed by atoms with E-state index in [4.69, 9.17) is 0 Å². The van der Waals surface area contributed by atoms with Gasteiger partial charge in [0.2, 0.25) is 0 Å². The zero-order chi connectivity index (χ0) is 11.4. The molecule has 0 bridgehead atoms. The Hall–Kier alpha value is -0.820. The van der Waals surface area contributed by atoms with Crippen molar-refractivity contribution in [2.24, 2.45) is 0 Å². The van der Waals surface area contributed by atoms with Crippen molar-refractivity contribution in [1.29, 1.82) is 0 Å². The molecule has 0 aromatic rings. The van der Waals surface area contributed by atoms with E-state index in [0.29, 0.717) is 0 Å². The topological polar surface area (TPSA) is 52.2 Å². The second-order valence-electron chi connectivity index (χ2n) is 3.40. The predicted molar refractivity (Wildman–Crippen MR) is 44.0 cm³/mol. The third-order valence-corrected chi connectivity index (χ3v) is 1.42. The summed E-state index contributed by atoms with van der Waals surface area (Å²) in [7, 11) is 2.76. The highest BCUT2D eigenvalue weighted by Crippen LogP contribution is 2.13. The summed E-state index contributed by atoms with van der Waals surface area (Å²) in [4.78, 5) is 10.3. The molecule has 0 aliphatic rings. The quantitative estimate of drug-likeness (QED) is 0.424. The second-order valence-corrected chi connectivity index (χ2v) is 3.40. The minimum absolute atomic E-state index is 0.137. The lowest BCUT2D eigenvalue weighted by Crippen LogP contribution is -2.39. The molecule has 0 aliphatic heterocycles. The van der Waals surface area contributed by atoms with E-state index in [2.05, 4.69) is 0 Å². The summed E-state index contributed by atoms with van der Waals surface area (Å²) in [5.74, 6) is -1.96. The summed E-state index contributed by atoms with van der Waals surface area (Å²) in [5, 5.41) is 12.6. The molecule has 0 saturated carbocycles. The molecule has 14 heavy (non-hydrogen) atoms. The van der Waals surface area contributed by atoms with Crippen LogP contribution in [0, 0.1) is 5.21 Å². The first-order chi connectivity index (χ1) is 6.13. The largest absolute Gasteiger partial charge is 0.633 e. The molecule has 4 nitrogen and oxygen atoms in total. The number of carbonyl (C=O) groups excluding carboxylic acids is 1. The minimum atomic E-state index is -4.85. The lowest BCUT2D eigenvalue weighted by Gasteiger charge is -2.33. The normalized spacial score (nSPS) is 12.7. The first-order valence-electron chi connectivity index (χ1n) is 4.02. The second kappa shape index (κ2) is 4.61.